The topological polar surface area (TPSA) is 38.1 Å². The zero-order valence-corrected chi connectivity index (χ0v) is 7.62. The van der Waals surface area contributed by atoms with Crippen LogP contribution >= 0.6 is 0 Å². The highest BCUT2D eigenvalue weighted by molar-refractivity contribution is 5.26. The molecule has 1 aliphatic heterocycles. The zero-order valence-electron chi connectivity index (χ0n) is 7.62. The Kier molecular flexibility index (Phi) is 1.65. The first-order chi connectivity index (χ1) is 6.45. The highest BCUT2D eigenvalue weighted by Gasteiger charge is 2.33. The maximum absolute atomic E-state index is 5.32. The van der Waals surface area contributed by atoms with Crippen molar-refractivity contribution in [2.75, 3.05) is 13.1 Å². The number of hydrogen-bond acceptors (Lipinski definition) is 3. The molecule has 0 radical (unpaired) electrons. The third kappa shape index (κ3) is 1.27. The van der Waals surface area contributed by atoms with Gasteiger partial charge < -0.3 is 9.84 Å². The van der Waals surface area contributed by atoms with Gasteiger partial charge in [0.15, 0.2) is 0 Å². The summed E-state index contributed by atoms with van der Waals surface area (Å²) < 4.78 is 5.32. The Balaban J connectivity index is 1.88. The third-order valence-corrected chi connectivity index (χ3v) is 3.08. The van der Waals surface area contributed by atoms with Crippen molar-refractivity contribution in [2.45, 2.75) is 31.1 Å². The molecule has 1 unspecified atom stereocenters. The Morgan fingerprint density at radius 3 is 2.92 bits per heavy atom. The minimum Gasteiger partial charge on any atom is -0.361 e. The number of hydrogen-bond donors (Lipinski definition) is 1. The summed E-state index contributed by atoms with van der Waals surface area (Å²) in [6.07, 6.45) is 5.75. The molecule has 3 nitrogen and oxygen atoms in total. The van der Waals surface area contributed by atoms with E-state index >= 15 is 0 Å². The molecule has 3 heteroatoms. The minimum absolute atomic E-state index is 0.654. The SMILES string of the molecule is c1noc(C2CC2)c1C1CCNC1. The number of rotatable bonds is 2. The first kappa shape index (κ1) is 7.56. The summed E-state index contributed by atoms with van der Waals surface area (Å²) in [6.45, 7) is 2.24. The predicted octanol–water partition coefficient (Wildman–Crippen LogP) is 1.63. The van der Waals surface area contributed by atoms with Crippen LogP contribution in [0.15, 0.2) is 10.7 Å². The molecule has 1 N–H and O–H groups in total. The fourth-order valence-corrected chi connectivity index (χ4v) is 2.14. The van der Waals surface area contributed by atoms with Gasteiger partial charge in [-0.1, -0.05) is 5.16 Å². The van der Waals surface area contributed by atoms with Gasteiger partial charge in [-0.15, -0.1) is 0 Å². The van der Waals surface area contributed by atoms with Crippen LogP contribution in [-0.4, -0.2) is 18.2 Å². The summed E-state index contributed by atoms with van der Waals surface area (Å²) in [6, 6.07) is 0. The van der Waals surface area contributed by atoms with Crippen LogP contribution in [0.4, 0.5) is 0 Å². The van der Waals surface area contributed by atoms with Gasteiger partial charge >= 0.3 is 0 Å². The maximum Gasteiger partial charge on any atom is 0.143 e. The molecule has 1 aromatic heterocycles. The Labute approximate surface area is 77.5 Å². The number of nitrogens with zero attached hydrogens (tertiary/aromatic N) is 1. The highest BCUT2D eigenvalue weighted by atomic mass is 16.5. The van der Waals surface area contributed by atoms with Gasteiger partial charge in [0.05, 0.1) is 6.20 Å². The fourth-order valence-electron chi connectivity index (χ4n) is 2.14. The molecule has 1 aromatic rings. The van der Waals surface area contributed by atoms with Crippen molar-refractivity contribution in [3.05, 3.63) is 17.5 Å². The van der Waals surface area contributed by atoms with E-state index in [-0.39, 0.29) is 0 Å². The molecule has 1 saturated heterocycles. The average Bonchev–Trinajstić information content (AvgIpc) is 2.72. The maximum atomic E-state index is 5.32. The van der Waals surface area contributed by atoms with E-state index in [2.05, 4.69) is 10.5 Å². The molecule has 0 spiro atoms. The zero-order chi connectivity index (χ0) is 8.67. The molecule has 2 heterocycles. The Morgan fingerprint density at radius 1 is 1.31 bits per heavy atom. The van der Waals surface area contributed by atoms with Gasteiger partial charge in [-0.25, -0.2) is 0 Å². The highest BCUT2D eigenvalue weighted by Crippen LogP contribution is 2.43. The fraction of sp³-hybridized carbons (Fsp3) is 0.700. The lowest BCUT2D eigenvalue weighted by Gasteiger charge is -2.05. The number of aromatic nitrogens is 1. The lowest BCUT2D eigenvalue weighted by Crippen LogP contribution is -2.08. The van der Waals surface area contributed by atoms with E-state index in [1.54, 1.807) is 0 Å². The minimum atomic E-state index is 0.654. The number of nitrogens with one attached hydrogen (secondary N) is 1. The molecule has 0 amide bonds. The summed E-state index contributed by atoms with van der Waals surface area (Å²) in [5.74, 6) is 2.52. The molecule has 1 saturated carbocycles. The van der Waals surface area contributed by atoms with Crippen molar-refractivity contribution < 1.29 is 4.52 Å². The van der Waals surface area contributed by atoms with Gasteiger partial charge in [-0.05, 0) is 25.8 Å². The van der Waals surface area contributed by atoms with Crippen molar-refractivity contribution in [1.29, 1.82) is 0 Å². The quantitative estimate of drug-likeness (QED) is 0.748. The summed E-state index contributed by atoms with van der Waals surface area (Å²) in [7, 11) is 0. The van der Waals surface area contributed by atoms with Crippen molar-refractivity contribution >= 4 is 0 Å². The summed E-state index contributed by atoms with van der Waals surface area (Å²) in [5, 5.41) is 7.30. The van der Waals surface area contributed by atoms with E-state index in [0.717, 1.165) is 13.1 Å². The van der Waals surface area contributed by atoms with Crippen LogP contribution < -0.4 is 5.32 Å². The first-order valence-electron chi connectivity index (χ1n) is 5.10. The summed E-state index contributed by atoms with van der Waals surface area (Å²) in [4.78, 5) is 0. The van der Waals surface area contributed by atoms with Gasteiger partial charge in [0, 0.05) is 23.9 Å². The van der Waals surface area contributed by atoms with Crippen LogP contribution in [-0.2, 0) is 0 Å². The van der Waals surface area contributed by atoms with Crippen molar-refractivity contribution in [3.63, 3.8) is 0 Å². The van der Waals surface area contributed by atoms with E-state index in [0.29, 0.717) is 11.8 Å². The van der Waals surface area contributed by atoms with Crippen molar-refractivity contribution in [1.82, 2.24) is 10.5 Å². The lowest BCUT2D eigenvalue weighted by molar-refractivity contribution is 0.381. The predicted molar refractivity (Wildman–Crippen MR) is 48.7 cm³/mol. The lowest BCUT2D eigenvalue weighted by atomic mass is 9.98. The average molecular weight is 178 g/mol. The largest absolute Gasteiger partial charge is 0.361 e. The molecular formula is C10H14N2O. The second-order valence-corrected chi connectivity index (χ2v) is 4.11. The van der Waals surface area contributed by atoms with Gasteiger partial charge in [0.1, 0.15) is 5.76 Å². The molecule has 1 atom stereocenters. The van der Waals surface area contributed by atoms with Crippen LogP contribution in [0.1, 0.15) is 42.4 Å². The van der Waals surface area contributed by atoms with Crippen LogP contribution in [0.25, 0.3) is 0 Å². The molecule has 2 aliphatic rings. The van der Waals surface area contributed by atoms with Crippen LogP contribution in [0.2, 0.25) is 0 Å². The molecule has 1 aliphatic carbocycles. The second-order valence-electron chi connectivity index (χ2n) is 4.11. The van der Waals surface area contributed by atoms with E-state index in [1.165, 1.54) is 30.6 Å². The molecular weight excluding hydrogens is 164 g/mol. The summed E-state index contributed by atoms with van der Waals surface area (Å²) in [5.41, 5.74) is 1.37. The van der Waals surface area contributed by atoms with Gasteiger partial charge in [-0.3, -0.25) is 0 Å². The van der Waals surface area contributed by atoms with E-state index in [9.17, 15) is 0 Å². The molecule has 0 aromatic carbocycles. The van der Waals surface area contributed by atoms with E-state index < -0.39 is 0 Å². The van der Waals surface area contributed by atoms with E-state index in [4.69, 9.17) is 4.52 Å². The van der Waals surface area contributed by atoms with Crippen molar-refractivity contribution in [3.8, 4) is 0 Å². The second kappa shape index (κ2) is 2.84. The first-order valence-corrected chi connectivity index (χ1v) is 5.10. The molecule has 70 valence electrons. The Hall–Kier alpha value is -0.830. The van der Waals surface area contributed by atoms with Gasteiger partial charge in [-0.2, -0.15) is 0 Å². The molecule has 3 rings (SSSR count). The van der Waals surface area contributed by atoms with Crippen LogP contribution in [0, 0.1) is 0 Å². The Morgan fingerprint density at radius 2 is 2.23 bits per heavy atom. The van der Waals surface area contributed by atoms with Crippen LogP contribution in [0.5, 0.6) is 0 Å². The summed E-state index contributed by atoms with van der Waals surface area (Å²) >= 11 is 0. The monoisotopic (exact) mass is 178 g/mol. The molecule has 0 bridgehead atoms. The van der Waals surface area contributed by atoms with Crippen LogP contribution in [0.3, 0.4) is 0 Å². The van der Waals surface area contributed by atoms with E-state index in [1.807, 2.05) is 6.20 Å². The Bertz CT molecular complexity index is 298. The van der Waals surface area contributed by atoms with Gasteiger partial charge in [0.25, 0.3) is 0 Å². The van der Waals surface area contributed by atoms with Crippen molar-refractivity contribution in [2.24, 2.45) is 0 Å². The normalized spacial score (nSPS) is 28.2. The van der Waals surface area contributed by atoms with Gasteiger partial charge in [0.2, 0.25) is 0 Å². The standard InChI is InChI=1S/C10H14N2O/c1-2-7(1)10-9(6-12-13-10)8-3-4-11-5-8/h6-8,11H,1-5H2. The molecule has 2 fully saturated rings. The third-order valence-electron chi connectivity index (χ3n) is 3.08. The smallest absolute Gasteiger partial charge is 0.143 e. The molecule has 13 heavy (non-hydrogen) atoms.